The number of carbonyl (C=O) groups is 2. The Morgan fingerprint density at radius 3 is 2.34 bits per heavy atom. The van der Waals surface area contributed by atoms with Crippen molar-refractivity contribution in [1.82, 2.24) is 10.2 Å². The third-order valence-electron chi connectivity index (χ3n) is 6.51. The lowest BCUT2D eigenvalue weighted by Crippen LogP contribution is -2.53. The van der Waals surface area contributed by atoms with Crippen LogP contribution in [0, 0.1) is 0 Å². The monoisotopic (exact) mass is 603 g/mol. The highest BCUT2D eigenvalue weighted by molar-refractivity contribution is 7.92. The maximum absolute atomic E-state index is 13.8. The molecule has 1 N–H and O–H groups in total. The number of methoxy groups -OCH3 is 1. The van der Waals surface area contributed by atoms with Gasteiger partial charge in [-0.2, -0.15) is 0 Å². The van der Waals surface area contributed by atoms with E-state index in [-0.39, 0.29) is 39.2 Å². The maximum Gasteiger partial charge on any atom is 0.244 e. The zero-order valence-corrected chi connectivity index (χ0v) is 24.6. The summed E-state index contributed by atoms with van der Waals surface area (Å²) in [5, 5.41) is 3.32. The van der Waals surface area contributed by atoms with Gasteiger partial charge in [0, 0.05) is 12.6 Å². The fourth-order valence-electron chi connectivity index (χ4n) is 4.55. The van der Waals surface area contributed by atoms with Crippen molar-refractivity contribution in [3.8, 4) is 5.75 Å². The molecule has 0 saturated heterocycles. The van der Waals surface area contributed by atoms with E-state index in [9.17, 15) is 18.0 Å². The minimum atomic E-state index is -3.97. The molecule has 208 valence electrons. The molecule has 8 nitrogen and oxygen atoms in total. The summed E-state index contributed by atoms with van der Waals surface area (Å²) < 4.78 is 31.8. The standard InChI is InChI=1S/C26H32Cl3N3O5S/c1-4-23(26(34)30-18-9-5-6-10-18)31(15-17-8-7-11-19(12-17)37-2)25(33)16-32(38(3,35)36)24-14-21(28)20(27)13-22(24)29/h7-8,11-14,18,23H,4-6,9-10,15-16H2,1-3H3,(H,30,34). The first-order valence-electron chi connectivity index (χ1n) is 12.3. The van der Waals surface area contributed by atoms with Gasteiger partial charge in [-0.05, 0) is 49.1 Å². The summed E-state index contributed by atoms with van der Waals surface area (Å²) in [6, 6.07) is 9.01. The Hall–Kier alpha value is -2.20. The average Bonchev–Trinajstić information content (AvgIpc) is 3.37. The Bertz CT molecular complexity index is 1270. The van der Waals surface area contributed by atoms with E-state index >= 15 is 0 Å². The van der Waals surface area contributed by atoms with Gasteiger partial charge in [0.05, 0.1) is 34.1 Å². The second-order valence-electron chi connectivity index (χ2n) is 9.27. The summed E-state index contributed by atoms with van der Waals surface area (Å²) in [7, 11) is -2.44. The van der Waals surface area contributed by atoms with Gasteiger partial charge in [-0.15, -0.1) is 0 Å². The second-order valence-corrected chi connectivity index (χ2v) is 12.4. The van der Waals surface area contributed by atoms with E-state index in [0.717, 1.165) is 41.8 Å². The molecule has 2 aromatic rings. The first kappa shape index (κ1) is 30.3. The molecular weight excluding hydrogens is 573 g/mol. The SMILES string of the molecule is CCC(C(=O)NC1CCCC1)N(Cc1cccc(OC)c1)C(=O)CN(c1cc(Cl)c(Cl)cc1Cl)S(C)(=O)=O. The number of anilines is 1. The minimum Gasteiger partial charge on any atom is -0.497 e. The molecule has 1 aliphatic carbocycles. The number of benzene rings is 2. The molecule has 0 bridgehead atoms. The van der Waals surface area contributed by atoms with Crippen LogP contribution in [0.15, 0.2) is 36.4 Å². The molecule has 38 heavy (non-hydrogen) atoms. The third kappa shape index (κ3) is 7.68. The second kappa shape index (κ2) is 13.2. The molecule has 1 aliphatic rings. The largest absolute Gasteiger partial charge is 0.497 e. The maximum atomic E-state index is 13.8. The molecule has 1 saturated carbocycles. The summed E-state index contributed by atoms with van der Waals surface area (Å²) in [4.78, 5) is 28.6. The van der Waals surface area contributed by atoms with Crippen molar-refractivity contribution < 1.29 is 22.7 Å². The molecule has 1 atom stereocenters. The predicted octanol–water partition coefficient (Wildman–Crippen LogP) is 5.29. The fraction of sp³-hybridized carbons (Fsp3) is 0.462. The zero-order chi connectivity index (χ0) is 28.0. The minimum absolute atomic E-state index is 0.0155. The Morgan fingerprint density at radius 2 is 1.74 bits per heavy atom. The first-order chi connectivity index (χ1) is 17.9. The molecular formula is C26H32Cl3N3O5S. The van der Waals surface area contributed by atoms with Crippen LogP contribution in [-0.4, -0.2) is 57.1 Å². The molecule has 1 fully saturated rings. The van der Waals surface area contributed by atoms with Crippen LogP contribution in [0.5, 0.6) is 5.75 Å². The molecule has 1 unspecified atom stereocenters. The third-order valence-corrected chi connectivity index (χ3v) is 8.66. The highest BCUT2D eigenvalue weighted by atomic mass is 35.5. The van der Waals surface area contributed by atoms with Crippen LogP contribution in [0.25, 0.3) is 0 Å². The average molecular weight is 605 g/mol. The van der Waals surface area contributed by atoms with Crippen molar-refractivity contribution in [2.75, 3.05) is 24.2 Å². The van der Waals surface area contributed by atoms with Gasteiger partial charge >= 0.3 is 0 Å². The fourth-order valence-corrected chi connectivity index (χ4v) is 6.10. The molecule has 0 spiro atoms. The van der Waals surface area contributed by atoms with Crippen molar-refractivity contribution in [3.63, 3.8) is 0 Å². The van der Waals surface area contributed by atoms with Crippen molar-refractivity contribution in [1.29, 1.82) is 0 Å². The Morgan fingerprint density at radius 1 is 1.08 bits per heavy atom. The Labute approximate surface area is 239 Å². The molecule has 0 radical (unpaired) electrons. The van der Waals surface area contributed by atoms with Gasteiger partial charge < -0.3 is 15.0 Å². The van der Waals surface area contributed by atoms with Crippen LogP contribution in [-0.2, 0) is 26.2 Å². The van der Waals surface area contributed by atoms with Gasteiger partial charge in [0.2, 0.25) is 21.8 Å². The number of carbonyl (C=O) groups excluding carboxylic acids is 2. The van der Waals surface area contributed by atoms with E-state index in [1.807, 2.05) is 13.0 Å². The molecule has 0 aliphatic heterocycles. The van der Waals surface area contributed by atoms with Crippen LogP contribution in [0.1, 0.15) is 44.6 Å². The van der Waals surface area contributed by atoms with E-state index in [0.29, 0.717) is 12.2 Å². The van der Waals surface area contributed by atoms with E-state index < -0.39 is 28.5 Å². The normalized spacial score (nSPS) is 14.7. The molecule has 0 heterocycles. The van der Waals surface area contributed by atoms with Crippen LogP contribution >= 0.6 is 34.8 Å². The molecule has 2 aromatic carbocycles. The number of nitrogens with zero attached hydrogens (tertiary/aromatic N) is 2. The van der Waals surface area contributed by atoms with Gasteiger partial charge in [0.25, 0.3) is 0 Å². The van der Waals surface area contributed by atoms with Crippen molar-refractivity contribution in [2.24, 2.45) is 0 Å². The number of hydrogen-bond donors (Lipinski definition) is 1. The number of hydrogen-bond acceptors (Lipinski definition) is 5. The van der Waals surface area contributed by atoms with Gasteiger partial charge in [-0.25, -0.2) is 8.42 Å². The lowest BCUT2D eigenvalue weighted by Gasteiger charge is -2.33. The quantitative estimate of drug-likeness (QED) is 0.352. The van der Waals surface area contributed by atoms with E-state index in [2.05, 4.69) is 5.32 Å². The van der Waals surface area contributed by atoms with Crippen molar-refractivity contribution in [3.05, 3.63) is 57.0 Å². The van der Waals surface area contributed by atoms with Crippen LogP contribution < -0.4 is 14.4 Å². The highest BCUT2D eigenvalue weighted by Gasteiger charge is 2.33. The van der Waals surface area contributed by atoms with Crippen LogP contribution in [0.4, 0.5) is 5.69 Å². The number of ether oxygens (including phenoxy) is 1. The number of amides is 2. The van der Waals surface area contributed by atoms with E-state index in [1.54, 1.807) is 18.2 Å². The molecule has 0 aromatic heterocycles. The van der Waals surface area contributed by atoms with Crippen LogP contribution in [0.3, 0.4) is 0 Å². The summed E-state index contributed by atoms with van der Waals surface area (Å²) in [5.41, 5.74) is 0.741. The molecule has 2 amide bonds. The highest BCUT2D eigenvalue weighted by Crippen LogP contribution is 2.35. The first-order valence-corrected chi connectivity index (χ1v) is 15.3. The zero-order valence-electron chi connectivity index (χ0n) is 21.5. The summed E-state index contributed by atoms with van der Waals surface area (Å²) >= 11 is 18.5. The van der Waals surface area contributed by atoms with E-state index in [4.69, 9.17) is 39.5 Å². The summed E-state index contributed by atoms with van der Waals surface area (Å²) in [5.74, 6) is -0.248. The van der Waals surface area contributed by atoms with E-state index in [1.165, 1.54) is 24.1 Å². The van der Waals surface area contributed by atoms with Crippen molar-refractivity contribution in [2.45, 2.75) is 57.7 Å². The number of nitrogens with one attached hydrogen (secondary N) is 1. The lowest BCUT2D eigenvalue weighted by atomic mass is 10.1. The number of sulfonamides is 1. The number of halogens is 3. The Balaban J connectivity index is 1.98. The number of rotatable bonds is 11. The predicted molar refractivity (Wildman–Crippen MR) is 152 cm³/mol. The van der Waals surface area contributed by atoms with Gasteiger partial charge in [0.1, 0.15) is 18.3 Å². The smallest absolute Gasteiger partial charge is 0.244 e. The van der Waals surface area contributed by atoms with Gasteiger partial charge in [0.15, 0.2) is 0 Å². The van der Waals surface area contributed by atoms with Crippen molar-refractivity contribution >= 4 is 62.3 Å². The lowest BCUT2D eigenvalue weighted by molar-refractivity contribution is -0.140. The van der Waals surface area contributed by atoms with Crippen LogP contribution in [0.2, 0.25) is 15.1 Å². The summed E-state index contributed by atoms with van der Waals surface area (Å²) in [6.45, 7) is 1.29. The van der Waals surface area contributed by atoms with Gasteiger partial charge in [-0.3, -0.25) is 13.9 Å². The molecule has 3 rings (SSSR count). The van der Waals surface area contributed by atoms with Gasteiger partial charge in [-0.1, -0.05) is 66.7 Å². The molecule has 12 heteroatoms. The topological polar surface area (TPSA) is 96.0 Å². The summed E-state index contributed by atoms with van der Waals surface area (Å²) in [6.07, 6.45) is 5.17. The Kier molecular flexibility index (Phi) is 10.6.